The van der Waals surface area contributed by atoms with E-state index in [4.69, 9.17) is 9.47 Å². The number of ether oxygens (including phenoxy) is 2. The summed E-state index contributed by atoms with van der Waals surface area (Å²) >= 11 is 0. The van der Waals surface area contributed by atoms with E-state index in [1.807, 2.05) is 31.2 Å². The largest absolute Gasteiger partial charge is 0.491 e. The third-order valence-electron chi connectivity index (χ3n) is 3.47. The first-order chi connectivity index (χ1) is 9.77. The van der Waals surface area contributed by atoms with Gasteiger partial charge in [0.25, 0.3) is 0 Å². The van der Waals surface area contributed by atoms with E-state index in [0.29, 0.717) is 13.2 Å². The Bertz CT molecular complexity index is 447. The molecule has 0 aliphatic carbocycles. The van der Waals surface area contributed by atoms with Crippen LogP contribution in [0.3, 0.4) is 0 Å². The number of anilines is 1. The molecule has 1 heterocycles. The van der Waals surface area contributed by atoms with Gasteiger partial charge in [-0.25, -0.2) is 4.79 Å². The van der Waals surface area contributed by atoms with Gasteiger partial charge < -0.3 is 14.4 Å². The highest BCUT2D eigenvalue weighted by atomic mass is 16.5. The lowest BCUT2D eigenvalue weighted by atomic mass is 10.1. The zero-order chi connectivity index (χ0) is 14.4. The third kappa shape index (κ3) is 3.24. The maximum atomic E-state index is 12.2. The number of hydrogen-bond acceptors (Lipinski definition) is 4. The predicted molar refractivity (Wildman–Crippen MR) is 79.2 cm³/mol. The molecule has 0 saturated carbocycles. The van der Waals surface area contributed by atoms with Gasteiger partial charge in [-0.1, -0.05) is 25.5 Å². The van der Waals surface area contributed by atoms with Crippen molar-refractivity contribution in [1.29, 1.82) is 0 Å². The molecule has 20 heavy (non-hydrogen) atoms. The minimum absolute atomic E-state index is 0.133. The van der Waals surface area contributed by atoms with Crippen molar-refractivity contribution in [2.24, 2.45) is 0 Å². The molecular formula is C16H23NO3. The summed E-state index contributed by atoms with van der Waals surface area (Å²) in [5.74, 6) is 0.724. The zero-order valence-electron chi connectivity index (χ0n) is 12.3. The Hall–Kier alpha value is -1.71. The first-order valence-electron chi connectivity index (χ1n) is 7.43. The van der Waals surface area contributed by atoms with E-state index in [1.54, 1.807) is 0 Å². The number of carbonyl (C=O) groups is 1. The molecule has 4 heteroatoms. The van der Waals surface area contributed by atoms with Gasteiger partial charge in [-0.15, -0.1) is 0 Å². The number of nitrogens with zero attached hydrogens (tertiary/aromatic N) is 1. The maximum Gasteiger partial charge on any atom is 0.328 e. The van der Waals surface area contributed by atoms with E-state index in [0.717, 1.165) is 37.2 Å². The second-order valence-electron chi connectivity index (χ2n) is 4.92. The number of carbonyl (C=O) groups excluding carboxylic acids is 1. The fraction of sp³-hybridized carbons (Fsp3) is 0.562. The number of hydrogen-bond donors (Lipinski definition) is 0. The summed E-state index contributed by atoms with van der Waals surface area (Å²) < 4.78 is 11.0. The predicted octanol–water partition coefficient (Wildman–Crippen LogP) is 3.01. The molecular weight excluding hydrogens is 254 g/mol. The number of para-hydroxylation sites is 2. The first kappa shape index (κ1) is 14.7. The normalized spacial score (nSPS) is 15.8. The van der Waals surface area contributed by atoms with Gasteiger partial charge in [0.1, 0.15) is 11.8 Å². The van der Waals surface area contributed by atoms with Gasteiger partial charge in [-0.2, -0.15) is 0 Å². The van der Waals surface area contributed by atoms with E-state index in [1.165, 1.54) is 0 Å². The Morgan fingerprint density at radius 2 is 2.20 bits per heavy atom. The summed E-state index contributed by atoms with van der Waals surface area (Å²) in [6.07, 6.45) is 2.66. The molecule has 1 atom stereocenters. The van der Waals surface area contributed by atoms with Gasteiger partial charge in [0.15, 0.2) is 0 Å². The quantitative estimate of drug-likeness (QED) is 0.776. The molecule has 1 aromatic rings. The van der Waals surface area contributed by atoms with E-state index in [-0.39, 0.29) is 12.0 Å². The molecule has 0 N–H and O–H groups in total. The van der Waals surface area contributed by atoms with E-state index < -0.39 is 0 Å². The van der Waals surface area contributed by atoms with Crippen LogP contribution in [-0.2, 0) is 9.53 Å². The smallest absolute Gasteiger partial charge is 0.328 e. The minimum Gasteiger partial charge on any atom is -0.491 e. The molecule has 0 radical (unpaired) electrons. The van der Waals surface area contributed by atoms with Gasteiger partial charge in [0.05, 0.1) is 18.9 Å². The van der Waals surface area contributed by atoms with Crippen molar-refractivity contribution < 1.29 is 14.3 Å². The van der Waals surface area contributed by atoms with Crippen LogP contribution in [0.1, 0.15) is 33.1 Å². The molecule has 0 amide bonds. The Labute approximate surface area is 120 Å². The summed E-state index contributed by atoms with van der Waals surface area (Å²) in [4.78, 5) is 14.4. The molecule has 0 bridgehead atoms. The van der Waals surface area contributed by atoms with Crippen molar-refractivity contribution in [3.63, 3.8) is 0 Å². The number of benzene rings is 1. The van der Waals surface area contributed by atoms with E-state index >= 15 is 0 Å². The molecule has 0 spiro atoms. The van der Waals surface area contributed by atoms with Gasteiger partial charge in [-0.3, -0.25) is 0 Å². The number of esters is 1. The zero-order valence-corrected chi connectivity index (χ0v) is 12.3. The summed E-state index contributed by atoms with van der Waals surface area (Å²) in [6.45, 7) is 5.87. The first-order valence-corrected chi connectivity index (χ1v) is 7.43. The van der Waals surface area contributed by atoms with Crippen molar-refractivity contribution in [2.45, 2.75) is 39.2 Å². The molecule has 1 aliphatic heterocycles. The van der Waals surface area contributed by atoms with Crippen LogP contribution in [-0.4, -0.2) is 31.8 Å². The lowest BCUT2D eigenvalue weighted by molar-refractivity contribution is -0.144. The fourth-order valence-corrected chi connectivity index (χ4v) is 2.59. The number of fused-ring (bicyclic) bond motifs is 1. The standard InChI is InChI=1S/C16H23NO3/c1-3-8-14(16(18)19-4-2)17-11-7-12-20-15-10-6-5-9-13(15)17/h5-6,9-10,14H,3-4,7-8,11-12H2,1-2H3. The monoisotopic (exact) mass is 277 g/mol. The van der Waals surface area contributed by atoms with Crippen molar-refractivity contribution in [1.82, 2.24) is 0 Å². The SMILES string of the molecule is CCCC(C(=O)OCC)N1CCCOc2ccccc21. The van der Waals surface area contributed by atoms with Crippen LogP contribution in [0.15, 0.2) is 24.3 Å². The Balaban J connectivity index is 2.29. The molecule has 0 fully saturated rings. The van der Waals surface area contributed by atoms with Gasteiger partial charge in [0.2, 0.25) is 0 Å². The molecule has 1 unspecified atom stereocenters. The molecule has 2 rings (SSSR count). The van der Waals surface area contributed by atoms with Crippen molar-refractivity contribution in [2.75, 3.05) is 24.7 Å². The summed E-state index contributed by atoms with van der Waals surface area (Å²) in [6, 6.07) is 7.70. The Morgan fingerprint density at radius 3 is 2.95 bits per heavy atom. The third-order valence-corrected chi connectivity index (χ3v) is 3.47. The van der Waals surface area contributed by atoms with E-state index in [2.05, 4.69) is 11.8 Å². The van der Waals surface area contributed by atoms with Gasteiger partial charge in [-0.05, 0) is 31.9 Å². The lowest BCUT2D eigenvalue weighted by Gasteiger charge is -2.31. The minimum atomic E-state index is -0.220. The molecule has 1 aliphatic rings. The molecule has 4 nitrogen and oxygen atoms in total. The highest BCUT2D eigenvalue weighted by Crippen LogP contribution is 2.33. The molecule has 110 valence electrons. The Kier molecular flexibility index (Phi) is 5.27. The highest BCUT2D eigenvalue weighted by Gasteiger charge is 2.29. The van der Waals surface area contributed by atoms with Crippen LogP contribution in [0.4, 0.5) is 5.69 Å². The van der Waals surface area contributed by atoms with Crippen molar-refractivity contribution in [3.05, 3.63) is 24.3 Å². The van der Waals surface area contributed by atoms with Gasteiger partial charge in [0, 0.05) is 6.54 Å². The maximum absolute atomic E-state index is 12.2. The average Bonchev–Trinajstić information content (AvgIpc) is 2.67. The van der Waals surface area contributed by atoms with Crippen molar-refractivity contribution >= 4 is 11.7 Å². The molecule has 0 aromatic heterocycles. The summed E-state index contributed by atoms with van der Waals surface area (Å²) in [5, 5.41) is 0. The second kappa shape index (κ2) is 7.17. The van der Waals surface area contributed by atoms with Crippen LogP contribution in [0.2, 0.25) is 0 Å². The molecule has 0 saturated heterocycles. The van der Waals surface area contributed by atoms with Crippen LogP contribution in [0.5, 0.6) is 5.75 Å². The average molecular weight is 277 g/mol. The van der Waals surface area contributed by atoms with Crippen LogP contribution in [0, 0.1) is 0 Å². The number of rotatable bonds is 5. The second-order valence-corrected chi connectivity index (χ2v) is 4.92. The summed E-state index contributed by atoms with van der Waals surface area (Å²) in [7, 11) is 0. The van der Waals surface area contributed by atoms with Crippen molar-refractivity contribution in [3.8, 4) is 5.75 Å². The van der Waals surface area contributed by atoms with E-state index in [9.17, 15) is 4.79 Å². The highest BCUT2D eigenvalue weighted by molar-refractivity contribution is 5.81. The van der Waals surface area contributed by atoms with Crippen LogP contribution in [0.25, 0.3) is 0 Å². The summed E-state index contributed by atoms with van der Waals surface area (Å²) in [5.41, 5.74) is 0.997. The molecule has 1 aromatic carbocycles. The van der Waals surface area contributed by atoms with Crippen LogP contribution >= 0.6 is 0 Å². The lowest BCUT2D eigenvalue weighted by Crippen LogP contribution is -2.42. The fourth-order valence-electron chi connectivity index (χ4n) is 2.59. The van der Waals surface area contributed by atoms with Gasteiger partial charge >= 0.3 is 5.97 Å². The van der Waals surface area contributed by atoms with Crippen LogP contribution < -0.4 is 9.64 Å². The Morgan fingerprint density at radius 1 is 1.40 bits per heavy atom. The topological polar surface area (TPSA) is 38.8 Å².